The highest BCUT2D eigenvalue weighted by Crippen LogP contribution is 2.29. The summed E-state index contributed by atoms with van der Waals surface area (Å²) in [5, 5.41) is 3.19. The Morgan fingerprint density at radius 1 is 1.17 bits per heavy atom. The lowest BCUT2D eigenvalue weighted by atomic mass is 10.3. The van der Waals surface area contributed by atoms with E-state index >= 15 is 0 Å². The van der Waals surface area contributed by atoms with Gasteiger partial charge in [-0.25, -0.2) is 9.37 Å². The van der Waals surface area contributed by atoms with Crippen LogP contribution in [-0.4, -0.2) is 24.1 Å². The highest BCUT2D eigenvalue weighted by molar-refractivity contribution is 7.22. The van der Waals surface area contributed by atoms with Gasteiger partial charge in [0.15, 0.2) is 11.7 Å². The van der Waals surface area contributed by atoms with Gasteiger partial charge in [-0.1, -0.05) is 11.3 Å². The lowest BCUT2D eigenvalue weighted by Gasteiger charge is -2.05. The van der Waals surface area contributed by atoms with Crippen LogP contribution in [0.4, 0.5) is 9.52 Å². The van der Waals surface area contributed by atoms with Gasteiger partial charge in [-0.15, -0.1) is 0 Å². The molecule has 1 amide bonds. The van der Waals surface area contributed by atoms with E-state index in [1.807, 2.05) is 25.1 Å². The summed E-state index contributed by atoms with van der Waals surface area (Å²) in [4.78, 5) is 16.3. The topological polar surface area (TPSA) is 60.5 Å². The van der Waals surface area contributed by atoms with Crippen molar-refractivity contribution >= 4 is 32.6 Å². The maximum absolute atomic E-state index is 12.8. The summed E-state index contributed by atoms with van der Waals surface area (Å²) in [7, 11) is 0. The fourth-order valence-corrected chi connectivity index (χ4v) is 2.96. The molecule has 0 atom stereocenters. The standard InChI is InChI=1S/C17H15FN2O3S/c1-2-22-13-7-8-14-15(9-13)24-17(19-14)20-16(21)10-23-12-5-3-11(18)4-6-12/h3-9H,2,10H2,1H3,(H,19,20,21). The van der Waals surface area contributed by atoms with Gasteiger partial charge in [0.1, 0.15) is 17.3 Å². The molecule has 1 N–H and O–H groups in total. The number of hydrogen-bond acceptors (Lipinski definition) is 5. The highest BCUT2D eigenvalue weighted by atomic mass is 32.1. The van der Waals surface area contributed by atoms with Crippen molar-refractivity contribution in [3.63, 3.8) is 0 Å². The third-order valence-electron chi connectivity index (χ3n) is 3.10. The number of benzene rings is 2. The number of ether oxygens (including phenoxy) is 2. The Balaban J connectivity index is 1.61. The van der Waals surface area contributed by atoms with Crippen molar-refractivity contribution in [2.24, 2.45) is 0 Å². The number of rotatable bonds is 6. The number of carbonyl (C=O) groups excluding carboxylic acids is 1. The van der Waals surface area contributed by atoms with E-state index < -0.39 is 0 Å². The predicted molar refractivity (Wildman–Crippen MR) is 91.3 cm³/mol. The Morgan fingerprint density at radius 3 is 2.67 bits per heavy atom. The van der Waals surface area contributed by atoms with E-state index in [0.29, 0.717) is 17.5 Å². The van der Waals surface area contributed by atoms with E-state index in [1.165, 1.54) is 35.6 Å². The summed E-state index contributed by atoms with van der Waals surface area (Å²) in [6.07, 6.45) is 0. The van der Waals surface area contributed by atoms with Crippen LogP contribution in [0.25, 0.3) is 10.2 Å². The number of thiazole rings is 1. The Bertz CT molecular complexity index is 849. The fraction of sp³-hybridized carbons (Fsp3) is 0.176. The number of carbonyl (C=O) groups is 1. The predicted octanol–water partition coefficient (Wildman–Crippen LogP) is 3.85. The first-order valence-corrected chi connectivity index (χ1v) is 8.17. The molecule has 2 aromatic carbocycles. The smallest absolute Gasteiger partial charge is 0.264 e. The monoisotopic (exact) mass is 346 g/mol. The fourth-order valence-electron chi connectivity index (χ4n) is 2.05. The summed E-state index contributed by atoms with van der Waals surface area (Å²) in [5.41, 5.74) is 0.790. The molecule has 0 unspecified atom stereocenters. The van der Waals surface area contributed by atoms with Gasteiger partial charge >= 0.3 is 0 Å². The zero-order valence-corrected chi connectivity index (χ0v) is 13.7. The molecule has 24 heavy (non-hydrogen) atoms. The molecule has 0 fully saturated rings. The van der Waals surface area contributed by atoms with Gasteiger partial charge < -0.3 is 9.47 Å². The van der Waals surface area contributed by atoms with Crippen molar-refractivity contribution in [1.82, 2.24) is 4.98 Å². The van der Waals surface area contributed by atoms with E-state index in [4.69, 9.17) is 9.47 Å². The number of aromatic nitrogens is 1. The summed E-state index contributed by atoms with van der Waals surface area (Å²) < 4.78 is 24.5. The van der Waals surface area contributed by atoms with Crippen molar-refractivity contribution in [2.75, 3.05) is 18.5 Å². The van der Waals surface area contributed by atoms with Gasteiger partial charge in [-0.05, 0) is 49.4 Å². The minimum Gasteiger partial charge on any atom is -0.494 e. The van der Waals surface area contributed by atoms with E-state index in [2.05, 4.69) is 10.3 Å². The van der Waals surface area contributed by atoms with Crippen LogP contribution < -0.4 is 14.8 Å². The van der Waals surface area contributed by atoms with Crippen molar-refractivity contribution in [3.05, 3.63) is 48.3 Å². The average molecular weight is 346 g/mol. The molecule has 1 aromatic heterocycles. The lowest BCUT2D eigenvalue weighted by Crippen LogP contribution is -2.19. The summed E-state index contributed by atoms with van der Waals surface area (Å²) in [6, 6.07) is 11.1. The van der Waals surface area contributed by atoms with Crippen LogP contribution in [0.15, 0.2) is 42.5 Å². The Labute approximate surface area is 142 Å². The molecular weight excluding hydrogens is 331 g/mol. The number of nitrogens with one attached hydrogen (secondary N) is 1. The van der Waals surface area contributed by atoms with E-state index in [0.717, 1.165) is 16.0 Å². The van der Waals surface area contributed by atoms with Crippen LogP contribution in [0.5, 0.6) is 11.5 Å². The number of nitrogens with zero attached hydrogens (tertiary/aromatic N) is 1. The normalized spacial score (nSPS) is 10.6. The van der Waals surface area contributed by atoms with Gasteiger partial charge in [-0.3, -0.25) is 10.1 Å². The third-order valence-corrected chi connectivity index (χ3v) is 4.03. The number of hydrogen-bond donors (Lipinski definition) is 1. The van der Waals surface area contributed by atoms with Crippen LogP contribution in [0.2, 0.25) is 0 Å². The molecule has 0 radical (unpaired) electrons. The molecule has 0 saturated heterocycles. The maximum Gasteiger partial charge on any atom is 0.264 e. The van der Waals surface area contributed by atoms with Gasteiger partial charge in [0.25, 0.3) is 5.91 Å². The number of amides is 1. The second kappa shape index (κ2) is 7.27. The van der Waals surface area contributed by atoms with E-state index in [9.17, 15) is 9.18 Å². The number of fused-ring (bicyclic) bond motifs is 1. The molecule has 1 heterocycles. The number of halogens is 1. The van der Waals surface area contributed by atoms with Crippen LogP contribution >= 0.6 is 11.3 Å². The molecule has 0 saturated carbocycles. The molecule has 124 valence electrons. The summed E-state index contributed by atoms with van der Waals surface area (Å²) >= 11 is 1.36. The first kappa shape index (κ1) is 16.2. The van der Waals surface area contributed by atoms with Crippen molar-refractivity contribution in [1.29, 1.82) is 0 Å². The van der Waals surface area contributed by atoms with E-state index in [1.54, 1.807) is 0 Å². The van der Waals surface area contributed by atoms with Crippen LogP contribution in [0, 0.1) is 5.82 Å². The molecule has 0 aliphatic rings. The quantitative estimate of drug-likeness (QED) is 0.736. The van der Waals surface area contributed by atoms with Crippen LogP contribution in [0.3, 0.4) is 0 Å². The largest absolute Gasteiger partial charge is 0.494 e. The Kier molecular flexibility index (Phi) is 4.90. The van der Waals surface area contributed by atoms with Gasteiger partial charge in [0.2, 0.25) is 0 Å². The summed E-state index contributed by atoms with van der Waals surface area (Å²) in [5.74, 6) is 0.513. The summed E-state index contributed by atoms with van der Waals surface area (Å²) in [6.45, 7) is 2.34. The zero-order chi connectivity index (χ0) is 16.9. The molecule has 5 nitrogen and oxygen atoms in total. The first-order valence-electron chi connectivity index (χ1n) is 7.35. The van der Waals surface area contributed by atoms with Crippen molar-refractivity contribution in [3.8, 4) is 11.5 Å². The molecule has 7 heteroatoms. The van der Waals surface area contributed by atoms with E-state index in [-0.39, 0.29) is 18.3 Å². The van der Waals surface area contributed by atoms with Crippen molar-refractivity contribution < 1.29 is 18.7 Å². The van der Waals surface area contributed by atoms with Gasteiger partial charge in [0, 0.05) is 0 Å². The first-order chi connectivity index (χ1) is 11.6. The maximum atomic E-state index is 12.8. The van der Waals surface area contributed by atoms with Crippen LogP contribution in [-0.2, 0) is 4.79 Å². The van der Waals surface area contributed by atoms with Crippen molar-refractivity contribution in [2.45, 2.75) is 6.92 Å². The zero-order valence-electron chi connectivity index (χ0n) is 12.9. The SMILES string of the molecule is CCOc1ccc2nc(NC(=O)COc3ccc(F)cc3)sc2c1. The lowest BCUT2D eigenvalue weighted by molar-refractivity contribution is -0.118. The molecule has 0 spiro atoms. The number of anilines is 1. The van der Waals surface area contributed by atoms with Gasteiger partial charge in [0.05, 0.1) is 16.8 Å². The molecule has 3 rings (SSSR count). The molecule has 0 aliphatic heterocycles. The molecule has 0 aliphatic carbocycles. The second-order valence-electron chi connectivity index (χ2n) is 4.87. The van der Waals surface area contributed by atoms with Crippen LogP contribution in [0.1, 0.15) is 6.92 Å². The third kappa shape index (κ3) is 3.99. The Hall–Kier alpha value is -2.67. The second-order valence-corrected chi connectivity index (χ2v) is 5.90. The molecule has 3 aromatic rings. The van der Waals surface area contributed by atoms with Gasteiger partial charge in [-0.2, -0.15) is 0 Å². The molecular formula is C17H15FN2O3S. The minimum absolute atomic E-state index is 0.175. The Morgan fingerprint density at radius 2 is 1.92 bits per heavy atom. The average Bonchev–Trinajstić information content (AvgIpc) is 2.96. The highest BCUT2D eigenvalue weighted by Gasteiger charge is 2.09. The minimum atomic E-state index is -0.354. The molecule has 0 bridgehead atoms.